The molecule has 1 unspecified atom stereocenters. The van der Waals surface area contributed by atoms with Gasteiger partial charge in [-0.05, 0) is 228 Å². The average molecular weight is 1220 g/mol. The first-order valence-electron chi connectivity index (χ1n) is 35.4. The molecule has 0 radical (unpaired) electrons. The van der Waals surface area contributed by atoms with Crippen molar-refractivity contribution in [2.45, 2.75) is 166 Å². The van der Waals surface area contributed by atoms with Gasteiger partial charge in [0.1, 0.15) is 0 Å². The summed E-state index contributed by atoms with van der Waals surface area (Å²) >= 11 is 0. The highest BCUT2D eigenvalue weighted by Crippen LogP contribution is 2.51. The van der Waals surface area contributed by atoms with Crippen molar-refractivity contribution in [1.29, 1.82) is 0 Å². The Bertz CT molecular complexity index is 4560. The molecule has 93 heavy (non-hydrogen) atoms. The van der Waals surface area contributed by atoms with Gasteiger partial charge in [0.05, 0.1) is 23.1 Å². The Morgan fingerprint density at radius 2 is 0.559 bits per heavy atom. The number of allylic oxidation sites excluding steroid dienone is 11. The Kier molecular flexibility index (Phi) is 18.1. The van der Waals surface area contributed by atoms with Gasteiger partial charge >= 0.3 is 0 Å². The molecule has 0 fully saturated rings. The zero-order valence-electron chi connectivity index (χ0n) is 57.3. The first-order chi connectivity index (χ1) is 45.6. The normalized spacial score (nSPS) is 16.5. The molecule has 7 aliphatic rings. The molecular weight excluding hydrogens is 1130 g/mol. The second-order valence-corrected chi connectivity index (χ2v) is 25.6. The maximum absolute atomic E-state index is 4.29. The van der Waals surface area contributed by atoms with Gasteiger partial charge < -0.3 is 20.3 Å². The van der Waals surface area contributed by atoms with E-state index < -0.39 is 0 Å². The van der Waals surface area contributed by atoms with Crippen LogP contribution in [0.2, 0.25) is 0 Å². The van der Waals surface area contributed by atoms with E-state index in [1.54, 1.807) is 0 Å². The van der Waals surface area contributed by atoms with Crippen molar-refractivity contribution in [2.24, 2.45) is 0 Å². The van der Waals surface area contributed by atoms with E-state index in [-0.39, 0.29) is 6.04 Å². The number of rotatable bonds is 15. The largest absolute Gasteiger partial charge is 0.374 e. The van der Waals surface area contributed by atoms with E-state index in [1.807, 2.05) is 0 Å². The Labute approximate surface area is 554 Å². The van der Waals surface area contributed by atoms with Crippen LogP contribution in [0.5, 0.6) is 0 Å². The number of hydrogen-bond acceptors (Lipinski definition) is 1. The molecule has 0 saturated heterocycles. The van der Waals surface area contributed by atoms with Crippen molar-refractivity contribution in [3.63, 3.8) is 0 Å². The van der Waals surface area contributed by atoms with Gasteiger partial charge in [0.15, 0.2) is 0 Å². The van der Waals surface area contributed by atoms with Crippen molar-refractivity contribution in [1.82, 2.24) is 20.3 Å². The van der Waals surface area contributed by atoms with Gasteiger partial charge in [-0.2, -0.15) is 0 Å². The zero-order chi connectivity index (χ0) is 64.6. The summed E-state index contributed by atoms with van der Waals surface area (Å²) in [7, 11) is 0. The van der Waals surface area contributed by atoms with E-state index in [0.29, 0.717) is 0 Å². The minimum absolute atomic E-state index is 0.0304. The third-order valence-electron chi connectivity index (χ3n) is 21.1. The Hall–Kier alpha value is -9.12. The Morgan fingerprint density at radius 1 is 0.258 bits per heavy atom. The SMILES string of the molecule is CCC1=C(CC)C2=C(c3ccccc3)c3[nH]c(c(CC)c3CC)-c3ccc(cc3)C3=CC(=C(c4ccccc4)c4[nH]c(c(CC)c4CC)-c4ccc(cc4)C4N/C(=C(/c5ccccc5)c5[nH]c(c(CC)c5CC)-c5ccc(cc5)C1=C2)C(CC)=C4CC)C(CC)=C3CC. The number of aromatic nitrogens is 3. The zero-order valence-corrected chi connectivity index (χ0v) is 57.3. The molecule has 0 spiro atoms. The minimum Gasteiger partial charge on any atom is -0.374 e. The third-order valence-corrected chi connectivity index (χ3v) is 21.1. The molecular formula is C89H94N4. The lowest BCUT2D eigenvalue weighted by molar-refractivity contribution is 0.709. The van der Waals surface area contributed by atoms with Crippen LogP contribution in [-0.4, -0.2) is 15.0 Å². The van der Waals surface area contributed by atoms with E-state index in [0.717, 1.165) is 77.0 Å². The van der Waals surface area contributed by atoms with Gasteiger partial charge in [0, 0.05) is 39.5 Å². The number of benzene rings is 6. The lowest BCUT2D eigenvalue weighted by Crippen LogP contribution is -2.17. The number of H-pyrrole nitrogens is 3. The van der Waals surface area contributed by atoms with Gasteiger partial charge in [0.25, 0.3) is 0 Å². The first kappa shape index (κ1) is 62.7. The van der Waals surface area contributed by atoms with Crippen molar-refractivity contribution in [3.8, 4) is 33.8 Å². The van der Waals surface area contributed by atoms with Crippen molar-refractivity contribution >= 4 is 27.9 Å². The molecule has 470 valence electrons. The fourth-order valence-corrected chi connectivity index (χ4v) is 16.9. The lowest BCUT2D eigenvalue weighted by atomic mass is 9.88. The molecule has 16 rings (SSSR count). The highest BCUT2D eigenvalue weighted by atomic mass is 15.0. The predicted molar refractivity (Wildman–Crippen MR) is 397 cm³/mol. The molecule has 0 amide bonds. The van der Waals surface area contributed by atoms with Crippen LogP contribution in [0.3, 0.4) is 0 Å². The van der Waals surface area contributed by atoms with Gasteiger partial charge in [-0.1, -0.05) is 247 Å². The first-order valence-corrected chi connectivity index (χ1v) is 35.4. The summed E-state index contributed by atoms with van der Waals surface area (Å²) < 4.78 is 0. The van der Waals surface area contributed by atoms with Crippen LogP contribution in [0.25, 0.3) is 61.6 Å². The number of fused-ring (bicyclic) bond motifs is 3. The van der Waals surface area contributed by atoms with Crippen LogP contribution in [0.15, 0.2) is 226 Å². The van der Waals surface area contributed by atoms with Gasteiger partial charge in [-0.15, -0.1) is 0 Å². The van der Waals surface area contributed by atoms with Crippen molar-refractivity contribution in [3.05, 3.63) is 310 Å². The summed E-state index contributed by atoms with van der Waals surface area (Å²) in [5.41, 5.74) is 45.9. The van der Waals surface area contributed by atoms with Gasteiger partial charge in [0.2, 0.25) is 0 Å². The predicted octanol–water partition coefficient (Wildman–Crippen LogP) is 23.6. The van der Waals surface area contributed by atoms with E-state index in [4.69, 9.17) is 0 Å². The van der Waals surface area contributed by atoms with Crippen molar-refractivity contribution in [2.75, 3.05) is 0 Å². The van der Waals surface area contributed by atoms with Crippen LogP contribution in [0.1, 0.15) is 211 Å². The highest BCUT2D eigenvalue weighted by Gasteiger charge is 2.35. The van der Waals surface area contributed by atoms with Crippen LogP contribution in [0, 0.1) is 0 Å². The fraction of sp³-hybridized carbons (Fsp3) is 0.281. The summed E-state index contributed by atoms with van der Waals surface area (Å²) in [6.07, 6.45) is 16.2. The highest BCUT2D eigenvalue weighted by molar-refractivity contribution is 6.00. The molecule has 4 nitrogen and oxygen atoms in total. The van der Waals surface area contributed by atoms with E-state index in [1.165, 1.54) is 196 Å². The summed E-state index contributed by atoms with van der Waals surface area (Å²) in [4.78, 5) is 12.7. The third kappa shape index (κ3) is 10.7. The fourth-order valence-electron chi connectivity index (χ4n) is 16.9. The molecule has 0 saturated carbocycles. The Balaban J connectivity index is 1.08. The number of aromatic amines is 3. The molecule has 18 bridgehead atoms. The molecule has 3 aromatic heterocycles. The monoisotopic (exact) mass is 1220 g/mol. The molecule has 4 heteroatoms. The van der Waals surface area contributed by atoms with Gasteiger partial charge in [-0.25, -0.2) is 0 Å². The van der Waals surface area contributed by atoms with Gasteiger partial charge in [-0.3, -0.25) is 0 Å². The second-order valence-electron chi connectivity index (χ2n) is 25.6. The molecule has 9 aromatic rings. The van der Waals surface area contributed by atoms with Crippen LogP contribution >= 0.6 is 0 Å². The number of nitrogens with one attached hydrogen (secondary N) is 4. The smallest absolute Gasteiger partial charge is 0.0733 e. The topological polar surface area (TPSA) is 59.4 Å². The van der Waals surface area contributed by atoms with E-state index in [9.17, 15) is 0 Å². The molecule has 2 aliphatic carbocycles. The molecule has 6 aromatic carbocycles. The van der Waals surface area contributed by atoms with Crippen LogP contribution in [-0.2, 0) is 38.5 Å². The molecule has 8 heterocycles. The van der Waals surface area contributed by atoms with Crippen LogP contribution < -0.4 is 5.32 Å². The Morgan fingerprint density at radius 3 is 0.882 bits per heavy atom. The summed E-state index contributed by atoms with van der Waals surface area (Å²) in [6, 6.07) is 62.4. The summed E-state index contributed by atoms with van der Waals surface area (Å²) in [5.74, 6) is 0. The minimum atomic E-state index is 0.0304. The summed E-state index contributed by atoms with van der Waals surface area (Å²) in [6.45, 7) is 28.2. The molecule has 5 aliphatic heterocycles. The quantitative estimate of drug-likeness (QED) is 0.0812. The van der Waals surface area contributed by atoms with Crippen molar-refractivity contribution < 1.29 is 0 Å². The maximum atomic E-state index is 4.29. The number of hydrogen-bond donors (Lipinski definition) is 4. The van der Waals surface area contributed by atoms with E-state index >= 15 is 0 Å². The standard InChI is InChI=1S/C89H94N4/c1-13-63-66(16-4)78-52-75(63)54-40-44-59(45-41-54)82-67(17-5)71(21-9)86(90-82)79(56-34-28-25-29-35-56)77-53-76(64(14-2)65(77)15-3)55-42-46-60(47-43-55)84-69(19-7)73(23-11)88(92-84)81(58-38-32-27-33-39-58)89-74(24-12)70(20-8)85(93-89)62-50-48-61(49-51-62)83-68(18-6)72(22-10)87(91-83)80(78)57-36-30-26-31-37-57/h25-53,85,90-93H,13-24H2,1-12H3/b79-77?,80-78?,89-81-. The molecule has 1 atom stereocenters. The average Bonchev–Trinajstić information content (AvgIpc) is 1.63. The maximum Gasteiger partial charge on any atom is 0.0733 e. The van der Waals surface area contributed by atoms with Crippen LogP contribution in [0.4, 0.5) is 0 Å². The van der Waals surface area contributed by atoms with E-state index in [2.05, 4.69) is 279 Å². The lowest BCUT2D eigenvalue weighted by Gasteiger charge is -2.19. The summed E-state index contributed by atoms with van der Waals surface area (Å²) in [5, 5.41) is 4.29. The molecule has 4 N–H and O–H groups in total. The second kappa shape index (κ2) is 26.8.